The molecule has 0 aromatic carbocycles. The maximum atomic E-state index is 6.14. The molecule has 0 saturated heterocycles. The van der Waals surface area contributed by atoms with Crippen LogP contribution in [0.2, 0.25) is 105 Å². The molecule has 0 aromatic rings. The molecule has 0 aliphatic carbocycles. The molecule has 0 aromatic heterocycles. The summed E-state index contributed by atoms with van der Waals surface area (Å²) in [7, 11) is -11.7. The molecular weight excluding hydrogens is 513 g/mol. The van der Waals surface area contributed by atoms with Gasteiger partial charge in [0.25, 0.3) is 18.6 Å². The van der Waals surface area contributed by atoms with Gasteiger partial charge < -0.3 is 24.7 Å². The Balaban J connectivity index is 0. The third-order valence-corrected chi connectivity index (χ3v) is 26.6. The van der Waals surface area contributed by atoms with Gasteiger partial charge in [0.2, 0.25) is 0 Å². The van der Waals surface area contributed by atoms with Crippen LogP contribution in [0.15, 0.2) is 0 Å². The Morgan fingerprint density at radius 1 is 0.433 bits per heavy atom. The van der Waals surface area contributed by atoms with Crippen molar-refractivity contribution in [3.8, 4) is 0 Å². The van der Waals surface area contributed by atoms with Gasteiger partial charge in [-0.05, 0) is 105 Å². The highest BCUT2D eigenvalue weighted by Crippen LogP contribution is 2.18. The standard InChI is InChI=1S/C9H28O3Si4.C7H24O3Si4/c1-13(10-14(2,3)4)11-16(8,9)12-15(5,6)7;1-11(2)8-13(5)10-14(6,7)9-12(3)4/h13H,1-9H3;11-13H,1-7H3. The average molecular weight is 565 g/mol. The smallest absolute Gasteiger partial charge is 0.312 e. The average Bonchev–Trinajstić information content (AvgIpc) is 2.27. The number of rotatable bonds is 12. The normalized spacial score (nSPS) is 15.8. The molecule has 0 spiro atoms. The molecule has 0 fully saturated rings. The van der Waals surface area contributed by atoms with E-state index < -0.39 is 70.4 Å². The molecule has 0 saturated carbocycles. The molecule has 0 aliphatic heterocycles. The highest BCUT2D eigenvalue weighted by molar-refractivity contribution is 6.85. The largest absolute Gasteiger partial charge is 0.442 e. The van der Waals surface area contributed by atoms with Gasteiger partial charge in [0.15, 0.2) is 34.7 Å². The zero-order valence-corrected chi connectivity index (χ0v) is 31.4. The first-order valence-electron chi connectivity index (χ1n) is 11.1. The first-order chi connectivity index (χ1) is 13.0. The van der Waals surface area contributed by atoms with Gasteiger partial charge in [-0.2, -0.15) is 0 Å². The molecule has 14 heteroatoms. The summed E-state index contributed by atoms with van der Waals surface area (Å²) in [6, 6.07) is 0. The molecule has 0 heterocycles. The zero-order valence-electron chi connectivity index (χ0n) is 22.8. The van der Waals surface area contributed by atoms with Crippen molar-refractivity contribution in [2.75, 3.05) is 0 Å². The van der Waals surface area contributed by atoms with Gasteiger partial charge in [-0.3, -0.25) is 0 Å². The molecule has 0 bridgehead atoms. The summed E-state index contributed by atoms with van der Waals surface area (Å²) >= 11 is 0. The predicted molar refractivity (Wildman–Crippen MR) is 152 cm³/mol. The van der Waals surface area contributed by atoms with E-state index in [4.69, 9.17) is 24.7 Å². The first kappa shape index (κ1) is 33.7. The quantitative estimate of drug-likeness (QED) is 0.317. The molecule has 0 aliphatic rings. The van der Waals surface area contributed by atoms with E-state index in [1.807, 2.05) is 0 Å². The maximum Gasteiger partial charge on any atom is 0.312 e. The lowest BCUT2D eigenvalue weighted by atomic mass is 11.8. The summed E-state index contributed by atoms with van der Waals surface area (Å²) in [4.78, 5) is 0. The van der Waals surface area contributed by atoms with Crippen molar-refractivity contribution in [2.45, 2.75) is 105 Å². The van der Waals surface area contributed by atoms with Crippen LogP contribution in [0.3, 0.4) is 0 Å². The Morgan fingerprint density at radius 2 is 0.867 bits per heavy atom. The van der Waals surface area contributed by atoms with E-state index >= 15 is 0 Å². The van der Waals surface area contributed by atoms with Crippen molar-refractivity contribution in [3.05, 3.63) is 0 Å². The van der Waals surface area contributed by atoms with Gasteiger partial charge in [-0.25, -0.2) is 0 Å². The highest BCUT2D eigenvalue weighted by atomic mass is 28.5. The van der Waals surface area contributed by atoms with Gasteiger partial charge in [-0.1, -0.05) is 0 Å². The van der Waals surface area contributed by atoms with Crippen LogP contribution in [0.25, 0.3) is 0 Å². The minimum absolute atomic E-state index is 0.939. The van der Waals surface area contributed by atoms with Crippen molar-refractivity contribution < 1.29 is 24.7 Å². The van der Waals surface area contributed by atoms with Crippen molar-refractivity contribution >= 4 is 70.4 Å². The summed E-state index contributed by atoms with van der Waals surface area (Å²) in [5.74, 6) is 0. The van der Waals surface area contributed by atoms with Crippen LogP contribution in [0.1, 0.15) is 0 Å². The van der Waals surface area contributed by atoms with Crippen LogP contribution in [0.5, 0.6) is 0 Å². The fourth-order valence-corrected chi connectivity index (χ4v) is 29.7. The van der Waals surface area contributed by atoms with Gasteiger partial charge >= 0.3 is 17.1 Å². The van der Waals surface area contributed by atoms with Crippen LogP contribution in [-0.4, -0.2) is 70.4 Å². The van der Waals surface area contributed by atoms with E-state index in [1.165, 1.54) is 0 Å². The van der Waals surface area contributed by atoms with Crippen LogP contribution in [-0.2, 0) is 24.7 Å². The van der Waals surface area contributed by atoms with Crippen LogP contribution < -0.4 is 0 Å². The minimum atomic E-state index is -1.98. The van der Waals surface area contributed by atoms with Crippen molar-refractivity contribution in [3.63, 3.8) is 0 Å². The third-order valence-electron chi connectivity index (χ3n) is 2.95. The second-order valence-corrected chi connectivity index (χ2v) is 37.2. The van der Waals surface area contributed by atoms with E-state index in [9.17, 15) is 0 Å². The lowest BCUT2D eigenvalue weighted by Gasteiger charge is -2.34. The number of hydrogen-bond acceptors (Lipinski definition) is 6. The van der Waals surface area contributed by atoms with E-state index in [0.29, 0.717) is 0 Å². The zero-order chi connectivity index (χ0) is 24.6. The van der Waals surface area contributed by atoms with Gasteiger partial charge in [-0.15, -0.1) is 0 Å². The Morgan fingerprint density at radius 3 is 1.20 bits per heavy atom. The summed E-state index contributed by atoms with van der Waals surface area (Å²) < 4.78 is 35.9. The van der Waals surface area contributed by atoms with E-state index in [0.717, 1.165) is 0 Å². The molecule has 2 atom stereocenters. The Kier molecular flexibility index (Phi) is 15.7. The molecule has 0 amide bonds. The third kappa shape index (κ3) is 24.1. The molecule has 0 N–H and O–H groups in total. The van der Waals surface area contributed by atoms with Crippen molar-refractivity contribution in [1.29, 1.82) is 0 Å². The van der Waals surface area contributed by atoms with Gasteiger partial charge in [0.05, 0.1) is 0 Å². The van der Waals surface area contributed by atoms with Gasteiger partial charge in [0.1, 0.15) is 0 Å². The Bertz CT molecular complexity index is 466. The molecule has 6 nitrogen and oxygen atoms in total. The monoisotopic (exact) mass is 564 g/mol. The van der Waals surface area contributed by atoms with Crippen LogP contribution in [0.4, 0.5) is 0 Å². The lowest BCUT2D eigenvalue weighted by molar-refractivity contribution is 0.352. The highest BCUT2D eigenvalue weighted by Gasteiger charge is 2.34. The van der Waals surface area contributed by atoms with Crippen LogP contribution >= 0.6 is 0 Å². The second-order valence-electron chi connectivity index (χ2n) is 11.0. The molecule has 184 valence electrons. The summed E-state index contributed by atoms with van der Waals surface area (Å²) in [6.07, 6.45) is 0. The minimum Gasteiger partial charge on any atom is -0.442 e. The summed E-state index contributed by atoms with van der Waals surface area (Å²) in [6.45, 7) is 34.7. The molecule has 30 heavy (non-hydrogen) atoms. The van der Waals surface area contributed by atoms with E-state index in [-0.39, 0.29) is 0 Å². The fraction of sp³-hybridized carbons (Fsp3) is 1.00. The van der Waals surface area contributed by atoms with Crippen molar-refractivity contribution in [1.82, 2.24) is 0 Å². The second kappa shape index (κ2) is 14.0. The molecule has 0 rings (SSSR count). The first-order valence-corrected chi connectivity index (χ1v) is 33.3. The Labute approximate surface area is 199 Å². The summed E-state index contributed by atoms with van der Waals surface area (Å²) in [5, 5.41) is 0. The maximum absolute atomic E-state index is 6.14. The van der Waals surface area contributed by atoms with E-state index in [2.05, 4.69) is 105 Å². The van der Waals surface area contributed by atoms with E-state index in [1.54, 1.807) is 0 Å². The molecule has 2 unspecified atom stereocenters. The molecular formula is C16H52O6Si8. The van der Waals surface area contributed by atoms with Gasteiger partial charge in [0, 0.05) is 0 Å². The van der Waals surface area contributed by atoms with Crippen molar-refractivity contribution in [2.24, 2.45) is 0 Å². The molecule has 0 radical (unpaired) electrons. The number of hydrogen-bond donors (Lipinski definition) is 0. The fourth-order valence-electron chi connectivity index (χ4n) is 3.09. The predicted octanol–water partition coefficient (Wildman–Crippen LogP) is 4.81. The SMILES string of the molecule is C[SiH](C)O[SiH](C)O[Si](C)(C)O[SiH](C)C.C[SiH](O[Si](C)(C)C)O[Si](C)(C)O[Si](C)(C)C. The summed E-state index contributed by atoms with van der Waals surface area (Å²) in [5.41, 5.74) is 0. The topological polar surface area (TPSA) is 55.4 Å². The van der Waals surface area contributed by atoms with Crippen LogP contribution in [0, 0.1) is 0 Å². The Hall–Kier alpha value is 1.50. The lowest BCUT2D eigenvalue weighted by Crippen LogP contribution is -2.49.